The lowest BCUT2D eigenvalue weighted by atomic mass is 10.1. The van der Waals surface area contributed by atoms with Gasteiger partial charge in [-0.1, -0.05) is 70.4 Å². The highest BCUT2D eigenvalue weighted by atomic mass is 16.5. The third kappa shape index (κ3) is 17.3. The summed E-state index contributed by atoms with van der Waals surface area (Å²) in [6.45, 7) is 3.75. The fourth-order valence-corrected chi connectivity index (χ4v) is 2.65. The van der Waals surface area contributed by atoms with Gasteiger partial charge in [0, 0.05) is 6.42 Å². The number of nitrogens with two attached hydrogens (primary N) is 1. The number of allylic oxidation sites excluding steroid dienone is 2. The number of primary amides is 1. The van der Waals surface area contributed by atoms with Gasteiger partial charge in [-0.25, -0.2) is 0 Å². The zero-order valence-electron chi connectivity index (χ0n) is 16.4. The van der Waals surface area contributed by atoms with Gasteiger partial charge in [0.1, 0.15) is 0 Å². The molecule has 1 unspecified atom stereocenters. The Hall–Kier alpha value is -1.32. The second-order valence-corrected chi connectivity index (χ2v) is 6.87. The minimum Gasteiger partial charge on any atom is -0.453 e. The first-order valence-electron chi connectivity index (χ1n) is 10.2. The van der Waals surface area contributed by atoms with Crippen molar-refractivity contribution in [3.05, 3.63) is 12.2 Å². The molecule has 0 aromatic rings. The molecule has 0 aliphatic carbocycles. The average Bonchev–Trinajstić information content (AvgIpc) is 2.58. The molecule has 0 aliphatic heterocycles. The van der Waals surface area contributed by atoms with E-state index >= 15 is 0 Å². The predicted octanol–water partition coefficient (Wildman–Crippen LogP) is 5.44. The van der Waals surface area contributed by atoms with E-state index in [4.69, 9.17) is 10.5 Å². The number of rotatable bonds is 17. The van der Waals surface area contributed by atoms with E-state index in [9.17, 15) is 9.59 Å². The van der Waals surface area contributed by atoms with Gasteiger partial charge in [0.15, 0.2) is 6.10 Å². The molecule has 146 valence electrons. The lowest BCUT2D eigenvalue weighted by molar-refractivity contribution is -0.153. The number of hydrogen-bond donors (Lipinski definition) is 1. The Labute approximate surface area is 154 Å². The second-order valence-electron chi connectivity index (χ2n) is 6.87. The van der Waals surface area contributed by atoms with Crippen LogP contribution in [0.25, 0.3) is 0 Å². The number of hydrogen-bond acceptors (Lipinski definition) is 3. The molecular weight excluding hydrogens is 314 g/mol. The molecule has 0 aromatic carbocycles. The molecule has 0 spiro atoms. The molecule has 0 saturated heterocycles. The van der Waals surface area contributed by atoms with Crippen LogP contribution in [-0.2, 0) is 14.3 Å². The van der Waals surface area contributed by atoms with E-state index < -0.39 is 12.0 Å². The van der Waals surface area contributed by atoms with Crippen LogP contribution in [0.4, 0.5) is 0 Å². The summed E-state index contributed by atoms with van der Waals surface area (Å²) in [7, 11) is 0. The van der Waals surface area contributed by atoms with E-state index in [0.717, 1.165) is 25.7 Å². The van der Waals surface area contributed by atoms with Gasteiger partial charge in [-0.2, -0.15) is 0 Å². The van der Waals surface area contributed by atoms with Gasteiger partial charge in [0.25, 0.3) is 5.91 Å². The van der Waals surface area contributed by atoms with Crippen molar-refractivity contribution >= 4 is 11.9 Å². The van der Waals surface area contributed by atoms with Gasteiger partial charge < -0.3 is 10.5 Å². The lowest BCUT2D eigenvalue weighted by Gasteiger charge is -2.09. The molecule has 0 heterocycles. The van der Waals surface area contributed by atoms with Crippen molar-refractivity contribution in [3.63, 3.8) is 0 Å². The average molecular weight is 354 g/mol. The normalized spacial score (nSPS) is 12.4. The molecule has 0 aromatic heterocycles. The van der Waals surface area contributed by atoms with Crippen molar-refractivity contribution in [1.82, 2.24) is 0 Å². The topological polar surface area (TPSA) is 69.4 Å². The van der Waals surface area contributed by atoms with Crippen molar-refractivity contribution in [3.8, 4) is 0 Å². The zero-order valence-corrected chi connectivity index (χ0v) is 16.4. The standard InChI is InChI=1S/C21H39NO3/c1-3-4-5-6-7-8-9-10-11-12-13-14-15-16-17-18-20(23)25-19(2)21(22)24/h10-11,19H,3-9,12-18H2,1-2H3,(H2,22,24)/b11-10-. The Morgan fingerprint density at radius 3 is 1.84 bits per heavy atom. The Bertz CT molecular complexity index is 366. The van der Waals surface area contributed by atoms with Crippen LogP contribution in [0.3, 0.4) is 0 Å². The van der Waals surface area contributed by atoms with Crippen molar-refractivity contribution in [1.29, 1.82) is 0 Å². The highest BCUT2D eigenvalue weighted by molar-refractivity contribution is 5.81. The Balaban J connectivity index is 3.29. The van der Waals surface area contributed by atoms with Gasteiger partial charge in [-0.3, -0.25) is 9.59 Å². The van der Waals surface area contributed by atoms with Crippen molar-refractivity contribution in [2.24, 2.45) is 5.73 Å². The number of unbranched alkanes of at least 4 members (excludes halogenated alkanes) is 11. The van der Waals surface area contributed by atoms with Crippen LogP contribution in [0.15, 0.2) is 12.2 Å². The first-order valence-corrected chi connectivity index (χ1v) is 10.2. The van der Waals surface area contributed by atoms with E-state index in [-0.39, 0.29) is 5.97 Å². The lowest BCUT2D eigenvalue weighted by Crippen LogP contribution is -2.30. The van der Waals surface area contributed by atoms with Crippen LogP contribution < -0.4 is 5.73 Å². The van der Waals surface area contributed by atoms with Crippen LogP contribution in [0.1, 0.15) is 104 Å². The Kier molecular flexibility index (Phi) is 16.6. The van der Waals surface area contributed by atoms with E-state index in [1.165, 1.54) is 64.7 Å². The zero-order chi connectivity index (χ0) is 18.8. The third-order valence-electron chi connectivity index (χ3n) is 4.35. The van der Waals surface area contributed by atoms with Gasteiger partial charge in [-0.15, -0.1) is 0 Å². The van der Waals surface area contributed by atoms with E-state index in [1.54, 1.807) is 0 Å². The van der Waals surface area contributed by atoms with Gasteiger partial charge in [-0.05, 0) is 39.0 Å². The van der Waals surface area contributed by atoms with Crippen molar-refractivity contribution in [2.45, 2.75) is 110 Å². The summed E-state index contributed by atoms with van der Waals surface area (Å²) in [6.07, 6.45) is 20.1. The number of ether oxygens (including phenoxy) is 1. The Morgan fingerprint density at radius 2 is 1.32 bits per heavy atom. The predicted molar refractivity (Wildman–Crippen MR) is 104 cm³/mol. The molecular formula is C21H39NO3. The quantitative estimate of drug-likeness (QED) is 0.215. The summed E-state index contributed by atoms with van der Waals surface area (Å²) < 4.78 is 4.91. The molecule has 4 nitrogen and oxygen atoms in total. The van der Waals surface area contributed by atoms with Crippen LogP contribution in [0, 0.1) is 0 Å². The summed E-state index contributed by atoms with van der Waals surface area (Å²) >= 11 is 0. The molecule has 0 saturated carbocycles. The maximum atomic E-state index is 11.5. The third-order valence-corrected chi connectivity index (χ3v) is 4.35. The molecule has 0 fully saturated rings. The molecule has 4 heteroatoms. The highest BCUT2D eigenvalue weighted by Crippen LogP contribution is 2.10. The summed E-state index contributed by atoms with van der Waals surface area (Å²) in [4.78, 5) is 22.2. The van der Waals surface area contributed by atoms with Crippen molar-refractivity contribution < 1.29 is 14.3 Å². The largest absolute Gasteiger partial charge is 0.453 e. The minimum atomic E-state index is -0.823. The van der Waals surface area contributed by atoms with Crippen LogP contribution >= 0.6 is 0 Å². The Morgan fingerprint density at radius 1 is 0.840 bits per heavy atom. The van der Waals surface area contributed by atoms with E-state index in [2.05, 4.69) is 19.1 Å². The maximum Gasteiger partial charge on any atom is 0.306 e. The summed E-state index contributed by atoms with van der Waals surface area (Å²) in [5, 5.41) is 0. The maximum absolute atomic E-state index is 11.5. The molecule has 0 bridgehead atoms. The van der Waals surface area contributed by atoms with Gasteiger partial charge in [0.2, 0.25) is 0 Å². The fraction of sp³-hybridized carbons (Fsp3) is 0.810. The fourth-order valence-electron chi connectivity index (χ4n) is 2.65. The minimum absolute atomic E-state index is 0.330. The number of carbonyl (C=O) groups excluding carboxylic acids is 2. The van der Waals surface area contributed by atoms with E-state index in [0.29, 0.717) is 6.42 Å². The molecule has 1 atom stereocenters. The summed E-state index contributed by atoms with van der Waals surface area (Å²) in [5.74, 6) is -0.929. The molecule has 1 amide bonds. The number of amides is 1. The first kappa shape index (κ1) is 23.7. The first-order chi connectivity index (χ1) is 12.1. The number of carbonyl (C=O) groups is 2. The van der Waals surface area contributed by atoms with Crippen molar-refractivity contribution in [2.75, 3.05) is 0 Å². The monoisotopic (exact) mass is 353 g/mol. The van der Waals surface area contributed by atoms with Gasteiger partial charge >= 0.3 is 5.97 Å². The summed E-state index contributed by atoms with van der Waals surface area (Å²) in [5.41, 5.74) is 5.05. The molecule has 0 rings (SSSR count). The SMILES string of the molecule is CCCCCCCC/C=C\CCCCCCCC(=O)OC(C)C(N)=O. The van der Waals surface area contributed by atoms with E-state index in [1.807, 2.05) is 0 Å². The molecule has 0 aliphatic rings. The second kappa shape index (κ2) is 17.5. The summed E-state index contributed by atoms with van der Waals surface area (Å²) in [6, 6.07) is 0. The van der Waals surface area contributed by atoms with Crippen LogP contribution in [-0.4, -0.2) is 18.0 Å². The van der Waals surface area contributed by atoms with Crippen LogP contribution in [0.5, 0.6) is 0 Å². The van der Waals surface area contributed by atoms with Crippen LogP contribution in [0.2, 0.25) is 0 Å². The van der Waals surface area contributed by atoms with Gasteiger partial charge in [0.05, 0.1) is 0 Å². The molecule has 2 N–H and O–H groups in total. The highest BCUT2D eigenvalue weighted by Gasteiger charge is 2.13. The smallest absolute Gasteiger partial charge is 0.306 e. The molecule has 25 heavy (non-hydrogen) atoms. The number of esters is 1. The molecule has 0 radical (unpaired) electrons.